The average molecular weight is 363 g/mol. The minimum atomic E-state index is 0.153. The van der Waals surface area contributed by atoms with E-state index in [-0.39, 0.29) is 5.28 Å². The molecule has 0 radical (unpaired) electrons. The fourth-order valence-electron chi connectivity index (χ4n) is 2.36. The number of nitrogens with one attached hydrogen (secondary N) is 2. The number of rotatable bonds is 8. The van der Waals surface area contributed by atoms with Gasteiger partial charge in [-0.25, -0.2) is 9.97 Å². The molecule has 25 heavy (non-hydrogen) atoms. The van der Waals surface area contributed by atoms with Gasteiger partial charge < -0.3 is 24.5 Å². The van der Waals surface area contributed by atoms with Crippen molar-refractivity contribution >= 4 is 28.3 Å². The van der Waals surface area contributed by atoms with Gasteiger partial charge in [0.25, 0.3) is 0 Å². The second-order valence-corrected chi connectivity index (χ2v) is 5.58. The molecule has 2 heterocycles. The monoisotopic (exact) mass is 362 g/mol. The molecule has 0 unspecified atom stereocenters. The van der Waals surface area contributed by atoms with Crippen LogP contribution in [0.5, 0.6) is 11.5 Å². The molecule has 7 nitrogen and oxygen atoms in total. The number of likely N-dealkylation sites (N-methyl/N-ethyl adjacent to an activating group) is 1. The largest absolute Gasteiger partial charge is 0.493 e. The quantitative estimate of drug-likeness (QED) is 0.470. The number of hydrogen-bond donors (Lipinski definition) is 2. The third kappa shape index (κ3) is 4.12. The van der Waals surface area contributed by atoms with Gasteiger partial charge in [-0.3, -0.25) is 0 Å². The molecule has 8 heteroatoms. The van der Waals surface area contributed by atoms with Crippen LogP contribution in [0, 0.1) is 0 Å². The van der Waals surface area contributed by atoms with Crippen LogP contribution in [0.1, 0.15) is 5.76 Å². The Morgan fingerprint density at radius 2 is 2.12 bits per heavy atom. The van der Waals surface area contributed by atoms with Crippen LogP contribution in [0.15, 0.2) is 34.9 Å². The molecule has 3 aromatic rings. The van der Waals surface area contributed by atoms with E-state index in [4.69, 9.17) is 25.5 Å². The standard InChI is InChI=1S/C17H19ClN4O3/c1-19-5-7-25-15-8-12-13(9-14(15)23-2)21-17(18)22-16(12)20-10-11-4-3-6-24-11/h3-4,6,8-9,19H,5,7,10H2,1-2H3,(H,20,21,22). The van der Waals surface area contributed by atoms with Crippen molar-refractivity contribution in [3.8, 4) is 11.5 Å². The lowest BCUT2D eigenvalue weighted by Gasteiger charge is -2.14. The van der Waals surface area contributed by atoms with E-state index in [2.05, 4.69) is 20.6 Å². The number of aromatic nitrogens is 2. The zero-order chi connectivity index (χ0) is 17.6. The van der Waals surface area contributed by atoms with Gasteiger partial charge in [-0.15, -0.1) is 0 Å². The summed E-state index contributed by atoms with van der Waals surface area (Å²) in [6.07, 6.45) is 1.63. The maximum absolute atomic E-state index is 6.06. The second kappa shape index (κ2) is 8.04. The first-order valence-corrected chi connectivity index (χ1v) is 8.18. The smallest absolute Gasteiger partial charge is 0.224 e. The summed E-state index contributed by atoms with van der Waals surface area (Å²) < 4.78 is 16.5. The first kappa shape index (κ1) is 17.3. The van der Waals surface area contributed by atoms with E-state index >= 15 is 0 Å². The van der Waals surface area contributed by atoms with Crippen molar-refractivity contribution in [1.82, 2.24) is 15.3 Å². The molecule has 2 N–H and O–H groups in total. The maximum Gasteiger partial charge on any atom is 0.224 e. The summed E-state index contributed by atoms with van der Waals surface area (Å²) in [5.41, 5.74) is 0.666. The molecule has 0 aliphatic rings. The summed E-state index contributed by atoms with van der Waals surface area (Å²) in [4.78, 5) is 8.56. The fraction of sp³-hybridized carbons (Fsp3) is 0.294. The summed E-state index contributed by atoms with van der Waals surface area (Å²) in [6, 6.07) is 7.36. The minimum absolute atomic E-state index is 0.153. The normalized spacial score (nSPS) is 10.8. The van der Waals surface area contributed by atoms with Crippen molar-refractivity contribution in [1.29, 1.82) is 0 Å². The van der Waals surface area contributed by atoms with Gasteiger partial charge in [-0.2, -0.15) is 0 Å². The molecule has 0 saturated carbocycles. The number of fused-ring (bicyclic) bond motifs is 1. The summed E-state index contributed by atoms with van der Waals surface area (Å²) in [5.74, 6) is 2.61. The van der Waals surface area contributed by atoms with Crippen molar-refractivity contribution < 1.29 is 13.9 Å². The van der Waals surface area contributed by atoms with Crippen LogP contribution in [0.3, 0.4) is 0 Å². The van der Waals surface area contributed by atoms with Crippen LogP contribution >= 0.6 is 11.6 Å². The summed E-state index contributed by atoms with van der Waals surface area (Å²) in [5, 5.41) is 7.20. The van der Waals surface area contributed by atoms with Crippen LogP contribution < -0.4 is 20.1 Å². The molecule has 0 aliphatic heterocycles. The van der Waals surface area contributed by atoms with E-state index in [9.17, 15) is 0 Å². The Balaban J connectivity index is 1.95. The van der Waals surface area contributed by atoms with Crippen molar-refractivity contribution in [3.63, 3.8) is 0 Å². The fourth-order valence-corrected chi connectivity index (χ4v) is 2.54. The highest BCUT2D eigenvalue weighted by Crippen LogP contribution is 2.35. The van der Waals surface area contributed by atoms with Gasteiger partial charge in [0, 0.05) is 18.0 Å². The maximum atomic E-state index is 6.06. The first-order chi connectivity index (χ1) is 12.2. The van der Waals surface area contributed by atoms with E-state index in [1.807, 2.05) is 25.2 Å². The molecule has 3 rings (SSSR count). The number of hydrogen-bond acceptors (Lipinski definition) is 7. The average Bonchev–Trinajstić information content (AvgIpc) is 3.13. The molecule has 0 atom stereocenters. The Kier molecular flexibility index (Phi) is 5.57. The van der Waals surface area contributed by atoms with Crippen LogP contribution in [0.4, 0.5) is 5.82 Å². The van der Waals surface area contributed by atoms with E-state index < -0.39 is 0 Å². The summed E-state index contributed by atoms with van der Waals surface area (Å²) in [7, 11) is 3.46. The molecule has 0 fully saturated rings. The van der Waals surface area contributed by atoms with Crippen LogP contribution in [-0.4, -0.2) is 37.3 Å². The van der Waals surface area contributed by atoms with Crippen LogP contribution in [0.2, 0.25) is 5.28 Å². The highest BCUT2D eigenvalue weighted by atomic mass is 35.5. The Morgan fingerprint density at radius 3 is 2.84 bits per heavy atom. The predicted octanol–water partition coefficient (Wildman–Crippen LogP) is 3.10. The number of furan rings is 1. The Hall–Kier alpha value is -2.51. The molecule has 2 aromatic heterocycles. The highest BCUT2D eigenvalue weighted by molar-refractivity contribution is 6.28. The Labute approximate surface area is 150 Å². The molecular formula is C17H19ClN4O3. The van der Waals surface area contributed by atoms with E-state index in [1.54, 1.807) is 19.4 Å². The molecule has 132 valence electrons. The molecule has 0 spiro atoms. The summed E-state index contributed by atoms with van der Waals surface area (Å²) in [6.45, 7) is 1.72. The minimum Gasteiger partial charge on any atom is -0.493 e. The molecule has 0 bridgehead atoms. The lowest BCUT2D eigenvalue weighted by molar-refractivity contribution is 0.296. The third-order valence-electron chi connectivity index (χ3n) is 3.57. The SMILES string of the molecule is CNCCOc1cc2c(NCc3ccco3)nc(Cl)nc2cc1OC. The van der Waals surface area contributed by atoms with Gasteiger partial charge in [-0.05, 0) is 36.8 Å². The number of ether oxygens (including phenoxy) is 2. The lowest BCUT2D eigenvalue weighted by atomic mass is 10.2. The molecule has 0 aliphatic carbocycles. The molecule has 0 saturated heterocycles. The van der Waals surface area contributed by atoms with Crippen molar-refractivity contribution in [2.24, 2.45) is 0 Å². The van der Waals surface area contributed by atoms with Gasteiger partial charge in [0.15, 0.2) is 11.5 Å². The predicted molar refractivity (Wildman–Crippen MR) is 96.6 cm³/mol. The Morgan fingerprint density at radius 1 is 1.24 bits per heavy atom. The van der Waals surface area contributed by atoms with Gasteiger partial charge in [0.2, 0.25) is 5.28 Å². The van der Waals surface area contributed by atoms with Crippen molar-refractivity contribution in [2.75, 3.05) is 32.6 Å². The third-order valence-corrected chi connectivity index (χ3v) is 3.74. The van der Waals surface area contributed by atoms with E-state index in [0.717, 1.165) is 17.7 Å². The van der Waals surface area contributed by atoms with Crippen molar-refractivity contribution in [3.05, 3.63) is 41.6 Å². The van der Waals surface area contributed by atoms with E-state index in [1.165, 1.54) is 0 Å². The topological polar surface area (TPSA) is 81.4 Å². The van der Waals surface area contributed by atoms with E-state index in [0.29, 0.717) is 36.0 Å². The number of benzene rings is 1. The van der Waals surface area contributed by atoms with Crippen LogP contribution in [0.25, 0.3) is 10.9 Å². The second-order valence-electron chi connectivity index (χ2n) is 5.25. The number of methoxy groups -OCH3 is 1. The van der Waals surface area contributed by atoms with Crippen LogP contribution in [-0.2, 0) is 6.54 Å². The zero-order valence-electron chi connectivity index (χ0n) is 14.0. The first-order valence-electron chi connectivity index (χ1n) is 7.80. The highest BCUT2D eigenvalue weighted by Gasteiger charge is 2.13. The molecular weight excluding hydrogens is 344 g/mol. The number of halogens is 1. The number of nitrogens with zero attached hydrogens (tertiary/aromatic N) is 2. The summed E-state index contributed by atoms with van der Waals surface area (Å²) >= 11 is 6.06. The zero-order valence-corrected chi connectivity index (χ0v) is 14.8. The van der Waals surface area contributed by atoms with Gasteiger partial charge >= 0.3 is 0 Å². The Bertz CT molecular complexity index is 840. The van der Waals surface area contributed by atoms with Gasteiger partial charge in [0.1, 0.15) is 18.2 Å². The molecule has 1 aromatic carbocycles. The lowest BCUT2D eigenvalue weighted by Crippen LogP contribution is -2.16. The molecule has 0 amide bonds. The van der Waals surface area contributed by atoms with Gasteiger partial charge in [0.05, 0.1) is 25.4 Å². The van der Waals surface area contributed by atoms with Gasteiger partial charge in [-0.1, -0.05) is 0 Å². The van der Waals surface area contributed by atoms with Crippen molar-refractivity contribution in [2.45, 2.75) is 6.54 Å². The number of anilines is 1.